The van der Waals surface area contributed by atoms with Crippen LogP contribution in [0.3, 0.4) is 0 Å². The van der Waals surface area contributed by atoms with E-state index in [4.69, 9.17) is 11.6 Å². The smallest absolute Gasteiger partial charge is 0.226 e. The second-order valence-corrected chi connectivity index (χ2v) is 4.19. The van der Waals surface area contributed by atoms with Gasteiger partial charge in [0.2, 0.25) is 5.28 Å². The molecular formula is C10H10ClN7. The van der Waals surface area contributed by atoms with Crippen LogP contribution < -0.4 is 5.32 Å². The fourth-order valence-electron chi connectivity index (χ4n) is 1.69. The Labute approximate surface area is 107 Å². The van der Waals surface area contributed by atoms with Gasteiger partial charge in [-0.25, -0.2) is 0 Å². The number of nitrogens with one attached hydrogen (secondary N) is 2. The monoisotopic (exact) mass is 263 g/mol. The minimum Gasteiger partial charge on any atom is -0.365 e. The Morgan fingerprint density at radius 2 is 2.28 bits per heavy atom. The van der Waals surface area contributed by atoms with Gasteiger partial charge in [0.25, 0.3) is 0 Å². The third-order valence-corrected chi connectivity index (χ3v) is 2.67. The molecule has 0 saturated carbocycles. The molecule has 0 aliphatic carbocycles. The zero-order chi connectivity index (χ0) is 12.5. The van der Waals surface area contributed by atoms with Gasteiger partial charge in [-0.05, 0) is 11.6 Å². The minimum absolute atomic E-state index is 0.181. The van der Waals surface area contributed by atoms with Gasteiger partial charge < -0.3 is 5.32 Å². The van der Waals surface area contributed by atoms with Crippen molar-refractivity contribution in [3.8, 4) is 0 Å². The summed E-state index contributed by atoms with van der Waals surface area (Å²) in [5.41, 5.74) is 1.67. The van der Waals surface area contributed by atoms with Crippen molar-refractivity contribution in [3.05, 3.63) is 29.4 Å². The van der Waals surface area contributed by atoms with Gasteiger partial charge in [0, 0.05) is 25.4 Å². The molecule has 92 valence electrons. The van der Waals surface area contributed by atoms with Crippen molar-refractivity contribution in [2.75, 3.05) is 5.32 Å². The first-order chi connectivity index (χ1) is 8.72. The maximum atomic E-state index is 5.84. The summed E-state index contributed by atoms with van der Waals surface area (Å²) in [4.78, 5) is 8.19. The van der Waals surface area contributed by atoms with E-state index in [1.807, 2.05) is 13.2 Å². The average Bonchev–Trinajstić information content (AvgIpc) is 2.94. The highest BCUT2D eigenvalue weighted by molar-refractivity contribution is 6.28. The average molecular weight is 264 g/mol. The quantitative estimate of drug-likeness (QED) is 0.697. The highest BCUT2D eigenvalue weighted by Gasteiger charge is 2.08. The topological polar surface area (TPSA) is 84.3 Å². The lowest BCUT2D eigenvalue weighted by atomic mass is 10.3. The number of anilines is 1. The van der Waals surface area contributed by atoms with Crippen molar-refractivity contribution >= 4 is 28.5 Å². The summed E-state index contributed by atoms with van der Waals surface area (Å²) in [6, 6.07) is 0. The Morgan fingerprint density at radius 1 is 1.39 bits per heavy atom. The Morgan fingerprint density at radius 3 is 3.06 bits per heavy atom. The maximum absolute atomic E-state index is 5.84. The van der Waals surface area contributed by atoms with Gasteiger partial charge in [0.05, 0.1) is 17.8 Å². The van der Waals surface area contributed by atoms with Crippen molar-refractivity contribution in [3.63, 3.8) is 0 Å². The molecule has 18 heavy (non-hydrogen) atoms. The summed E-state index contributed by atoms with van der Waals surface area (Å²) in [6.45, 7) is 0.613. The number of halogens is 1. The van der Waals surface area contributed by atoms with Crippen molar-refractivity contribution < 1.29 is 0 Å². The molecule has 0 saturated heterocycles. The van der Waals surface area contributed by atoms with E-state index in [9.17, 15) is 0 Å². The molecule has 0 fully saturated rings. The first kappa shape index (κ1) is 11.0. The summed E-state index contributed by atoms with van der Waals surface area (Å²) in [6.07, 6.45) is 5.39. The van der Waals surface area contributed by atoms with Gasteiger partial charge in [0.15, 0.2) is 5.65 Å². The lowest BCUT2D eigenvalue weighted by Gasteiger charge is -2.04. The Balaban J connectivity index is 1.87. The summed E-state index contributed by atoms with van der Waals surface area (Å²) < 4.78 is 1.75. The van der Waals surface area contributed by atoms with Crippen LogP contribution in [0.2, 0.25) is 5.28 Å². The molecule has 0 atom stereocenters. The van der Waals surface area contributed by atoms with E-state index in [-0.39, 0.29) is 5.28 Å². The molecule has 0 aromatic carbocycles. The van der Waals surface area contributed by atoms with Crippen LogP contribution in [-0.2, 0) is 13.6 Å². The predicted octanol–water partition coefficient (Wildman–Crippen LogP) is 1.35. The zero-order valence-corrected chi connectivity index (χ0v) is 10.3. The van der Waals surface area contributed by atoms with Crippen LogP contribution in [0.4, 0.5) is 5.82 Å². The van der Waals surface area contributed by atoms with Gasteiger partial charge in [-0.2, -0.15) is 20.2 Å². The molecule has 7 nitrogen and oxygen atoms in total. The number of fused-ring (bicyclic) bond motifs is 1. The summed E-state index contributed by atoms with van der Waals surface area (Å²) in [5, 5.41) is 15.0. The van der Waals surface area contributed by atoms with Gasteiger partial charge >= 0.3 is 0 Å². The maximum Gasteiger partial charge on any atom is 0.226 e. The summed E-state index contributed by atoms with van der Waals surface area (Å²) >= 11 is 5.84. The number of aryl methyl sites for hydroxylation is 1. The molecular weight excluding hydrogens is 254 g/mol. The highest BCUT2D eigenvalue weighted by atomic mass is 35.5. The fraction of sp³-hybridized carbons (Fsp3) is 0.200. The standard InChI is InChI=1S/C10H10ClN7/c1-18-5-6(3-14-18)2-12-8-7-4-13-17-9(7)16-10(11)15-8/h3-5H,2H2,1H3,(H2,12,13,15,16,17). The molecule has 0 unspecified atom stereocenters. The van der Waals surface area contributed by atoms with Gasteiger partial charge in [-0.1, -0.05) is 0 Å². The molecule has 0 radical (unpaired) electrons. The van der Waals surface area contributed by atoms with E-state index in [1.165, 1.54) is 0 Å². The molecule has 8 heteroatoms. The summed E-state index contributed by atoms with van der Waals surface area (Å²) in [7, 11) is 1.87. The van der Waals surface area contributed by atoms with Crippen molar-refractivity contribution in [2.24, 2.45) is 7.05 Å². The Kier molecular flexibility index (Phi) is 2.60. The van der Waals surface area contributed by atoms with Crippen molar-refractivity contribution in [1.29, 1.82) is 0 Å². The Bertz CT molecular complexity index is 686. The molecule has 0 amide bonds. The molecule has 3 rings (SSSR count). The van der Waals surface area contributed by atoms with Gasteiger partial charge in [-0.15, -0.1) is 0 Å². The number of hydrogen-bond acceptors (Lipinski definition) is 5. The largest absolute Gasteiger partial charge is 0.365 e. The summed E-state index contributed by atoms with van der Waals surface area (Å²) in [5.74, 6) is 0.655. The van der Waals surface area contributed by atoms with E-state index in [0.29, 0.717) is 18.0 Å². The SMILES string of the molecule is Cn1cc(CNc2nc(Cl)nc3[nH]ncc23)cn1. The van der Waals surface area contributed by atoms with Crippen molar-refractivity contribution in [1.82, 2.24) is 29.9 Å². The van der Waals surface area contributed by atoms with Gasteiger partial charge in [-0.3, -0.25) is 9.78 Å². The van der Waals surface area contributed by atoms with Crippen LogP contribution in [0.5, 0.6) is 0 Å². The zero-order valence-electron chi connectivity index (χ0n) is 9.55. The second kappa shape index (κ2) is 4.26. The van der Waals surface area contributed by atoms with E-state index in [0.717, 1.165) is 10.9 Å². The van der Waals surface area contributed by atoms with E-state index in [2.05, 4.69) is 30.6 Å². The van der Waals surface area contributed by atoms with Crippen LogP contribution in [0.1, 0.15) is 5.56 Å². The number of aromatic nitrogens is 6. The van der Waals surface area contributed by atoms with E-state index in [1.54, 1.807) is 17.1 Å². The lowest BCUT2D eigenvalue weighted by molar-refractivity contribution is 0.767. The molecule has 3 heterocycles. The fourth-order valence-corrected chi connectivity index (χ4v) is 1.86. The number of H-pyrrole nitrogens is 1. The molecule has 3 aromatic heterocycles. The van der Waals surface area contributed by atoms with Gasteiger partial charge in [0.1, 0.15) is 5.82 Å². The van der Waals surface area contributed by atoms with Crippen LogP contribution in [0.25, 0.3) is 11.0 Å². The normalized spacial score (nSPS) is 11.0. The van der Waals surface area contributed by atoms with Crippen LogP contribution in [0, 0.1) is 0 Å². The number of nitrogens with zero attached hydrogens (tertiary/aromatic N) is 5. The van der Waals surface area contributed by atoms with E-state index < -0.39 is 0 Å². The predicted molar refractivity (Wildman–Crippen MR) is 67.2 cm³/mol. The minimum atomic E-state index is 0.181. The van der Waals surface area contributed by atoms with E-state index >= 15 is 0 Å². The van der Waals surface area contributed by atoms with Crippen LogP contribution >= 0.6 is 11.6 Å². The lowest BCUT2D eigenvalue weighted by Crippen LogP contribution is -2.02. The molecule has 2 N–H and O–H groups in total. The molecule has 0 bridgehead atoms. The number of aromatic amines is 1. The number of hydrogen-bond donors (Lipinski definition) is 2. The first-order valence-electron chi connectivity index (χ1n) is 5.30. The van der Waals surface area contributed by atoms with Crippen molar-refractivity contribution in [2.45, 2.75) is 6.54 Å². The third-order valence-electron chi connectivity index (χ3n) is 2.50. The third kappa shape index (κ3) is 2.00. The molecule has 3 aromatic rings. The Hall–Kier alpha value is -2.15. The molecule has 0 spiro atoms. The van der Waals surface area contributed by atoms with Crippen LogP contribution in [-0.4, -0.2) is 29.9 Å². The highest BCUT2D eigenvalue weighted by Crippen LogP contribution is 2.20. The van der Waals surface area contributed by atoms with Crippen LogP contribution in [0.15, 0.2) is 18.6 Å². The molecule has 0 aliphatic heterocycles. The first-order valence-corrected chi connectivity index (χ1v) is 5.68. The molecule has 0 aliphatic rings. The number of rotatable bonds is 3. The second-order valence-electron chi connectivity index (χ2n) is 3.85.